The summed E-state index contributed by atoms with van der Waals surface area (Å²) in [5, 5.41) is 3.51. The van der Waals surface area contributed by atoms with Gasteiger partial charge in [-0.15, -0.1) is 11.8 Å². The van der Waals surface area contributed by atoms with Gasteiger partial charge in [-0.3, -0.25) is 9.69 Å². The van der Waals surface area contributed by atoms with Gasteiger partial charge in [0.25, 0.3) is 0 Å². The Balaban J connectivity index is 1.50. The molecule has 2 aliphatic heterocycles. The number of hydrogen-bond acceptors (Lipinski definition) is 6. The molecule has 8 nitrogen and oxygen atoms in total. The minimum Gasteiger partial charge on any atom is -0.319 e. The van der Waals surface area contributed by atoms with Crippen LogP contribution in [-0.4, -0.2) is 77.7 Å². The lowest BCUT2D eigenvalue weighted by molar-refractivity contribution is -0.139. The van der Waals surface area contributed by atoms with Crippen LogP contribution in [0.2, 0.25) is 0 Å². The van der Waals surface area contributed by atoms with E-state index < -0.39 is 21.2 Å². The lowest BCUT2D eigenvalue weighted by Crippen LogP contribution is -2.64. The molecule has 4 rings (SSSR count). The fourth-order valence-corrected chi connectivity index (χ4v) is 8.24. The summed E-state index contributed by atoms with van der Waals surface area (Å²) in [6.45, 7) is 6.85. The SMILES string of the molecule is CC1NC(C)C(CN2C(=O)N(C)C(=O)C3CC(S(=O)(=O)NC4CC4C)CCC32)S1. The van der Waals surface area contributed by atoms with Crippen molar-refractivity contribution in [2.75, 3.05) is 13.6 Å². The number of nitrogens with zero attached hydrogens (tertiary/aromatic N) is 2. The summed E-state index contributed by atoms with van der Waals surface area (Å²) in [4.78, 5) is 28.8. The van der Waals surface area contributed by atoms with Gasteiger partial charge in [0.2, 0.25) is 15.9 Å². The first kappa shape index (κ1) is 21.4. The number of nitrogens with one attached hydrogen (secondary N) is 2. The van der Waals surface area contributed by atoms with E-state index in [0.717, 1.165) is 6.42 Å². The summed E-state index contributed by atoms with van der Waals surface area (Å²) in [5.74, 6) is -0.301. The van der Waals surface area contributed by atoms with Crippen molar-refractivity contribution in [3.8, 4) is 0 Å². The summed E-state index contributed by atoms with van der Waals surface area (Å²) in [6, 6.07) is -0.141. The molecule has 29 heavy (non-hydrogen) atoms. The van der Waals surface area contributed by atoms with Crippen LogP contribution in [0.3, 0.4) is 0 Å². The summed E-state index contributed by atoms with van der Waals surface area (Å²) in [5.41, 5.74) is 0. The number of imide groups is 1. The molecule has 8 atom stereocenters. The molecule has 2 N–H and O–H groups in total. The molecule has 3 amide bonds. The van der Waals surface area contributed by atoms with Crippen molar-refractivity contribution >= 4 is 33.7 Å². The van der Waals surface area contributed by atoms with E-state index in [1.807, 2.05) is 23.6 Å². The number of fused-ring (bicyclic) bond motifs is 1. The van der Waals surface area contributed by atoms with E-state index in [0.29, 0.717) is 30.7 Å². The monoisotopic (exact) mass is 444 g/mol. The van der Waals surface area contributed by atoms with Crippen LogP contribution in [-0.2, 0) is 14.8 Å². The maximum absolute atomic E-state index is 12.9. The summed E-state index contributed by atoms with van der Waals surface area (Å²) < 4.78 is 28.5. The fraction of sp³-hybridized carbons (Fsp3) is 0.895. The van der Waals surface area contributed by atoms with Crippen LogP contribution in [0, 0.1) is 11.8 Å². The van der Waals surface area contributed by atoms with Crippen molar-refractivity contribution in [1.82, 2.24) is 19.8 Å². The first-order chi connectivity index (χ1) is 13.6. The number of urea groups is 1. The Bertz CT molecular complexity index is 791. The standard InChI is InChI=1S/C19H32N4O4S2/c1-10-7-15(10)21-29(26,27)13-5-6-16-14(8-13)18(24)22(4)19(25)23(16)9-17-11(2)20-12(3)28-17/h10-17,20-21H,5-9H2,1-4H3. The van der Waals surface area contributed by atoms with Crippen molar-refractivity contribution < 1.29 is 18.0 Å². The largest absolute Gasteiger partial charge is 0.326 e. The topological polar surface area (TPSA) is 98.8 Å². The van der Waals surface area contributed by atoms with E-state index in [9.17, 15) is 18.0 Å². The minimum absolute atomic E-state index is 0.0379. The first-order valence-electron chi connectivity index (χ1n) is 10.6. The van der Waals surface area contributed by atoms with Gasteiger partial charge in [0.05, 0.1) is 16.5 Å². The molecule has 4 aliphatic rings. The van der Waals surface area contributed by atoms with Crippen LogP contribution < -0.4 is 10.0 Å². The van der Waals surface area contributed by atoms with Gasteiger partial charge in [-0.1, -0.05) is 6.92 Å². The highest BCUT2D eigenvalue weighted by Gasteiger charge is 2.51. The number of amides is 3. The second kappa shape index (κ2) is 7.69. The van der Waals surface area contributed by atoms with Crippen molar-refractivity contribution in [1.29, 1.82) is 0 Å². The molecule has 0 aromatic rings. The molecule has 0 radical (unpaired) electrons. The zero-order chi connectivity index (χ0) is 21.1. The molecule has 0 aromatic carbocycles. The Hall–Kier alpha value is -0.840. The molecule has 8 unspecified atom stereocenters. The molecule has 10 heteroatoms. The number of thioether (sulfide) groups is 1. The van der Waals surface area contributed by atoms with Crippen LogP contribution in [0.15, 0.2) is 0 Å². The van der Waals surface area contributed by atoms with Gasteiger partial charge in [-0.25, -0.2) is 17.9 Å². The molecule has 2 saturated carbocycles. The second-order valence-electron chi connectivity index (χ2n) is 9.20. The van der Waals surface area contributed by atoms with E-state index in [4.69, 9.17) is 0 Å². The first-order valence-corrected chi connectivity index (χ1v) is 13.1. The molecule has 164 valence electrons. The Morgan fingerprint density at radius 3 is 2.45 bits per heavy atom. The number of carbonyl (C=O) groups excluding carboxylic acids is 2. The summed E-state index contributed by atoms with van der Waals surface area (Å²) in [6.07, 6.45) is 2.21. The molecule has 0 bridgehead atoms. The Morgan fingerprint density at radius 2 is 1.86 bits per heavy atom. The van der Waals surface area contributed by atoms with Gasteiger partial charge in [0, 0.05) is 37.0 Å². The third-order valence-corrected chi connectivity index (χ3v) is 10.4. The van der Waals surface area contributed by atoms with Crippen LogP contribution in [0.5, 0.6) is 0 Å². The van der Waals surface area contributed by atoms with E-state index in [1.165, 1.54) is 11.9 Å². The van der Waals surface area contributed by atoms with E-state index in [2.05, 4.69) is 23.9 Å². The van der Waals surface area contributed by atoms with Gasteiger partial charge in [-0.2, -0.15) is 0 Å². The van der Waals surface area contributed by atoms with Crippen molar-refractivity contribution in [2.45, 2.75) is 80.5 Å². The van der Waals surface area contributed by atoms with E-state index >= 15 is 0 Å². The third kappa shape index (κ3) is 4.05. The highest BCUT2D eigenvalue weighted by Crippen LogP contribution is 2.39. The van der Waals surface area contributed by atoms with Crippen molar-refractivity contribution in [3.63, 3.8) is 0 Å². The fourth-order valence-electron chi connectivity index (χ4n) is 5.01. The molecule has 2 heterocycles. The molecular weight excluding hydrogens is 412 g/mol. The van der Waals surface area contributed by atoms with Gasteiger partial charge < -0.3 is 10.2 Å². The number of hydrogen-bond donors (Lipinski definition) is 2. The van der Waals surface area contributed by atoms with Crippen LogP contribution in [0.25, 0.3) is 0 Å². The molecule has 2 saturated heterocycles. The lowest BCUT2D eigenvalue weighted by Gasteiger charge is -2.48. The molecule has 0 aromatic heterocycles. The quantitative estimate of drug-likeness (QED) is 0.661. The molecule has 2 aliphatic carbocycles. The molecular formula is C19H32N4O4S2. The number of rotatable bonds is 5. The van der Waals surface area contributed by atoms with Gasteiger partial charge in [-0.05, 0) is 45.4 Å². The predicted octanol–water partition coefficient (Wildman–Crippen LogP) is 1.19. The number of sulfonamides is 1. The van der Waals surface area contributed by atoms with Gasteiger partial charge in [0.1, 0.15) is 0 Å². The highest BCUT2D eigenvalue weighted by molar-refractivity contribution is 8.00. The van der Waals surface area contributed by atoms with E-state index in [-0.39, 0.29) is 41.7 Å². The summed E-state index contributed by atoms with van der Waals surface area (Å²) in [7, 11) is -1.94. The Labute approximate surface area is 177 Å². The lowest BCUT2D eigenvalue weighted by atomic mass is 9.80. The molecule has 0 spiro atoms. The number of carbonyl (C=O) groups is 2. The normalized spacial score (nSPS) is 42.9. The summed E-state index contributed by atoms with van der Waals surface area (Å²) >= 11 is 1.82. The maximum atomic E-state index is 12.9. The minimum atomic E-state index is -3.45. The smallest absolute Gasteiger partial charge is 0.319 e. The van der Waals surface area contributed by atoms with Crippen LogP contribution in [0.1, 0.15) is 46.5 Å². The van der Waals surface area contributed by atoms with Crippen LogP contribution in [0.4, 0.5) is 4.79 Å². The Kier molecular flexibility index (Phi) is 5.67. The third-order valence-electron chi connectivity index (χ3n) is 7.02. The van der Waals surface area contributed by atoms with Gasteiger partial charge >= 0.3 is 6.03 Å². The van der Waals surface area contributed by atoms with Crippen molar-refractivity contribution in [3.05, 3.63) is 0 Å². The van der Waals surface area contributed by atoms with Gasteiger partial charge in [0.15, 0.2) is 0 Å². The van der Waals surface area contributed by atoms with Crippen molar-refractivity contribution in [2.24, 2.45) is 11.8 Å². The molecule has 4 fully saturated rings. The second-order valence-corrected chi connectivity index (χ2v) is 12.8. The average Bonchev–Trinajstić information content (AvgIpc) is 3.24. The zero-order valence-corrected chi connectivity index (χ0v) is 19.1. The zero-order valence-electron chi connectivity index (χ0n) is 17.5. The van der Waals surface area contributed by atoms with Crippen LogP contribution >= 0.6 is 11.8 Å². The van der Waals surface area contributed by atoms with E-state index in [1.54, 1.807) is 0 Å². The maximum Gasteiger partial charge on any atom is 0.326 e. The average molecular weight is 445 g/mol. The predicted molar refractivity (Wildman–Crippen MR) is 113 cm³/mol. The Morgan fingerprint density at radius 1 is 1.17 bits per heavy atom. The highest BCUT2D eigenvalue weighted by atomic mass is 32.2.